The second kappa shape index (κ2) is 19.2. The summed E-state index contributed by atoms with van der Waals surface area (Å²) in [5.41, 5.74) is 13.4. The first-order chi connectivity index (χ1) is 21.5. The van der Waals surface area contributed by atoms with Crippen LogP contribution in [0.4, 0.5) is 5.69 Å². The number of hydrogen-bond donors (Lipinski definition) is 1. The molecule has 220 valence electrons. The number of benzene rings is 1. The Balaban J connectivity index is -0.000000697. The number of nitrogens with one attached hydrogen (secondary N) is 1. The molecule has 0 amide bonds. The summed E-state index contributed by atoms with van der Waals surface area (Å²) in [6.07, 6.45) is 4.61. The van der Waals surface area contributed by atoms with Crippen molar-refractivity contribution in [3.05, 3.63) is 46.3 Å². The quantitative estimate of drug-likeness (QED) is 0.157. The predicted molar refractivity (Wildman–Crippen MR) is 176 cm³/mol. The standard InChI is InChI=1S/C17H16N4O.C16H6.HN5O.4H2/c1-10-17(11(2)22-20-10)14-8-12(16-5-7-19-21(16)3)9-15-13(14)4-6-18-15;1-3-5-7-9-11-13-15-16-14-12-10-8-6-4-2;1-2-3-4-5-6;;;;/h5-9H,4H2,1-3H3;1-2H3;1H;4*1H/b;;2-1?,4-3+;;;;. The number of aryl methyl sites for hydroxylation is 3. The second-order valence-corrected chi connectivity index (χ2v) is 7.94. The molecule has 1 aromatic carbocycles. The number of rotatable bonds is 4. The summed E-state index contributed by atoms with van der Waals surface area (Å²) in [7, 11) is 1.95. The normalized spacial score (nSPS) is 9.02. The molecule has 3 heterocycles. The third-order valence-electron chi connectivity index (χ3n) is 5.23. The summed E-state index contributed by atoms with van der Waals surface area (Å²) >= 11 is 0. The molecular formula is C33H31N9O2. The third-order valence-corrected chi connectivity index (χ3v) is 5.23. The zero-order valence-corrected chi connectivity index (χ0v) is 24.5. The van der Waals surface area contributed by atoms with Crippen molar-refractivity contribution < 1.29 is 10.2 Å². The zero-order valence-electron chi connectivity index (χ0n) is 24.5. The molecule has 4 rings (SSSR count). The van der Waals surface area contributed by atoms with Gasteiger partial charge in [0.25, 0.3) is 0 Å². The van der Waals surface area contributed by atoms with Gasteiger partial charge >= 0.3 is 0 Å². The highest BCUT2D eigenvalue weighted by Crippen LogP contribution is 2.40. The highest BCUT2D eigenvalue weighted by Gasteiger charge is 2.21. The molecular weight excluding hydrogens is 554 g/mol. The van der Waals surface area contributed by atoms with Crippen LogP contribution in [0.2, 0.25) is 0 Å². The summed E-state index contributed by atoms with van der Waals surface area (Å²) in [6.45, 7) is 7.35. The van der Waals surface area contributed by atoms with Crippen molar-refractivity contribution in [3.63, 3.8) is 0 Å². The van der Waals surface area contributed by atoms with Gasteiger partial charge in [-0.15, -0.1) is 4.91 Å². The van der Waals surface area contributed by atoms with Gasteiger partial charge in [0, 0.05) is 47.9 Å². The lowest BCUT2D eigenvalue weighted by molar-refractivity contribution is 0.393. The van der Waals surface area contributed by atoms with Gasteiger partial charge in [0.15, 0.2) is 0 Å². The summed E-state index contributed by atoms with van der Waals surface area (Å²) in [4.78, 5) is 13.4. The predicted octanol–water partition coefficient (Wildman–Crippen LogP) is 6.72. The van der Waals surface area contributed by atoms with Crippen LogP contribution < -0.4 is 0 Å². The molecule has 0 aliphatic carbocycles. The van der Waals surface area contributed by atoms with Gasteiger partial charge < -0.3 is 4.52 Å². The smallest absolute Gasteiger partial charge is 0.141 e. The molecule has 2 aromatic heterocycles. The largest absolute Gasteiger partial charge is 0.361 e. The Kier molecular flexibility index (Phi) is 14.5. The highest BCUT2D eigenvalue weighted by atomic mass is 16.5. The number of hydrogen-bond acceptors (Lipinski definition) is 6. The van der Waals surface area contributed by atoms with Crippen molar-refractivity contribution in [2.75, 3.05) is 0 Å². The minimum absolute atomic E-state index is 0. The van der Waals surface area contributed by atoms with Crippen LogP contribution in [0, 0.1) is 107 Å². The van der Waals surface area contributed by atoms with E-state index in [9.17, 15) is 0 Å². The van der Waals surface area contributed by atoms with E-state index in [2.05, 4.69) is 126 Å². The maximum absolute atomic E-state index is 8.91. The number of nitrogens with zero attached hydrogens (tertiary/aromatic N) is 8. The lowest BCUT2D eigenvalue weighted by Gasteiger charge is -2.11. The lowest BCUT2D eigenvalue weighted by atomic mass is 9.93. The van der Waals surface area contributed by atoms with Gasteiger partial charge in [0.2, 0.25) is 0 Å². The average Bonchev–Trinajstić information content (AvgIpc) is 3.76. The maximum atomic E-state index is 8.91. The van der Waals surface area contributed by atoms with Gasteiger partial charge in [-0.1, -0.05) is 17.0 Å². The first-order valence-electron chi connectivity index (χ1n) is 12.5. The van der Waals surface area contributed by atoms with E-state index in [1.807, 2.05) is 43.1 Å². The van der Waals surface area contributed by atoms with Crippen molar-refractivity contribution in [2.24, 2.45) is 33.0 Å². The second-order valence-electron chi connectivity index (χ2n) is 7.94. The fourth-order valence-corrected chi connectivity index (χ4v) is 3.59. The Bertz CT molecular complexity index is 1960. The summed E-state index contributed by atoms with van der Waals surface area (Å²) in [6, 6.07) is 6.33. The first kappa shape index (κ1) is 33.2. The van der Waals surface area contributed by atoms with E-state index in [0.29, 0.717) is 0 Å². The Morgan fingerprint density at radius 3 is 1.93 bits per heavy atom. The van der Waals surface area contributed by atoms with E-state index in [-0.39, 0.29) is 5.71 Å². The molecule has 0 bridgehead atoms. The molecule has 11 nitrogen and oxygen atoms in total. The van der Waals surface area contributed by atoms with Crippen LogP contribution in [-0.2, 0) is 13.5 Å². The minimum Gasteiger partial charge on any atom is -0.361 e. The van der Waals surface area contributed by atoms with Crippen LogP contribution >= 0.6 is 0 Å². The van der Waals surface area contributed by atoms with Crippen molar-refractivity contribution in [2.45, 2.75) is 34.1 Å². The fourth-order valence-electron chi connectivity index (χ4n) is 3.59. The van der Waals surface area contributed by atoms with E-state index in [4.69, 9.17) is 15.0 Å². The van der Waals surface area contributed by atoms with Crippen LogP contribution in [0.15, 0.2) is 54.9 Å². The Morgan fingerprint density at radius 2 is 1.50 bits per heavy atom. The van der Waals surface area contributed by atoms with Gasteiger partial charge in [-0.2, -0.15) is 10.6 Å². The van der Waals surface area contributed by atoms with Gasteiger partial charge in [0.1, 0.15) is 11.0 Å². The Morgan fingerprint density at radius 1 is 0.909 bits per heavy atom. The Labute approximate surface area is 261 Å². The zero-order chi connectivity index (χ0) is 32.0. The van der Waals surface area contributed by atoms with Crippen LogP contribution in [-0.4, -0.2) is 21.2 Å². The van der Waals surface area contributed by atoms with Gasteiger partial charge in [0.05, 0.1) is 17.1 Å². The van der Waals surface area contributed by atoms with Crippen LogP contribution in [0.1, 0.15) is 36.6 Å². The van der Waals surface area contributed by atoms with Crippen molar-refractivity contribution >= 4 is 11.9 Å². The summed E-state index contributed by atoms with van der Waals surface area (Å²) in [5, 5.41) is 17.6. The van der Waals surface area contributed by atoms with E-state index in [1.54, 1.807) is 20.0 Å². The maximum Gasteiger partial charge on any atom is 0.141 e. The number of nitroso groups, excluding NO2 is 1. The van der Waals surface area contributed by atoms with Gasteiger partial charge in [-0.05, 0) is 139 Å². The van der Waals surface area contributed by atoms with Gasteiger partial charge in [-0.25, -0.2) is 0 Å². The highest BCUT2D eigenvalue weighted by molar-refractivity contribution is 5.89. The molecule has 0 unspecified atom stereocenters. The number of fused-ring (bicyclic) bond motifs is 1. The third kappa shape index (κ3) is 10.5. The van der Waals surface area contributed by atoms with Crippen molar-refractivity contribution in [3.8, 4) is 105 Å². The molecule has 0 fully saturated rings. The van der Waals surface area contributed by atoms with Crippen LogP contribution in [0.25, 0.3) is 22.4 Å². The Hall–Kier alpha value is -6.97. The van der Waals surface area contributed by atoms with E-state index < -0.39 is 0 Å². The SMILES string of the molecule is CC#CC#CC#CC#CC#CC#CC#CC.Cc1noc(C)c1-c1cc(-c2ccnn2C)cc2c1CC=N2.N=N/N=N/N=O.[HH].[HH].[HH].[HH]. The van der Waals surface area contributed by atoms with Crippen LogP contribution in [0.5, 0.6) is 0 Å². The molecule has 1 aliphatic rings. The molecule has 0 atom stereocenters. The van der Waals surface area contributed by atoms with Crippen LogP contribution in [0.3, 0.4) is 0 Å². The van der Waals surface area contributed by atoms with Crippen molar-refractivity contribution in [1.29, 1.82) is 5.53 Å². The molecule has 0 radical (unpaired) electrons. The molecule has 0 saturated carbocycles. The number of aromatic nitrogens is 3. The fraction of sp³-hybridized carbons (Fsp3) is 0.182. The monoisotopic (exact) mass is 585 g/mol. The number of aliphatic imine (C=N–C) groups is 1. The summed E-state index contributed by atoms with van der Waals surface area (Å²) < 4.78 is 7.23. The van der Waals surface area contributed by atoms with E-state index in [0.717, 1.165) is 45.9 Å². The molecule has 1 aliphatic heterocycles. The minimum atomic E-state index is 0. The lowest BCUT2D eigenvalue weighted by Crippen LogP contribution is -1.96. The van der Waals surface area contributed by atoms with Gasteiger partial charge in [-0.3, -0.25) is 9.67 Å². The van der Waals surface area contributed by atoms with E-state index >= 15 is 0 Å². The molecule has 44 heavy (non-hydrogen) atoms. The molecule has 0 spiro atoms. The van der Waals surface area contributed by atoms with Crippen molar-refractivity contribution in [1.82, 2.24) is 14.9 Å². The first-order valence-corrected chi connectivity index (χ1v) is 12.5. The molecule has 0 saturated heterocycles. The summed E-state index contributed by atoms with van der Waals surface area (Å²) in [5.74, 6) is 36.4. The molecule has 11 heteroatoms. The topological polar surface area (TPSA) is 147 Å². The molecule has 1 N–H and O–H groups in total. The average molecular weight is 586 g/mol. The molecule has 3 aromatic rings. The van der Waals surface area contributed by atoms with E-state index in [1.165, 1.54) is 5.56 Å².